The lowest BCUT2D eigenvalue weighted by Crippen LogP contribution is -2.49. The molecule has 0 aliphatic carbocycles. The molecule has 6 nitrogen and oxygen atoms in total. The number of rotatable bonds is 4. The average molecular weight is 330 g/mol. The van der Waals surface area contributed by atoms with Gasteiger partial charge in [0.05, 0.1) is 0 Å². The van der Waals surface area contributed by atoms with Crippen molar-refractivity contribution in [3.05, 3.63) is 22.8 Å². The number of amides is 1. The molecule has 0 spiro atoms. The van der Waals surface area contributed by atoms with Crippen molar-refractivity contribution < 1.29 is 14.6 Å². The Morgan fingerprint density at radius 3 is 2.68 bits per heavy atom. The van der Waals surface area contributed by atoms with Gasteiger partial charge >= 0.3 is 6.09 Å². The molecule has 1 saturated heterocycles. The Bertz CT molecular complexity index is 419. The number of nitrogens with zero attached hydrogens (tertiary/aromatic N) is 3. The molecule has 1 aromatic rings. The summed E-state index contributed by atoms with van der Waals surface area (Å²) in [5, 5.41) is 8.84. The van der Waals surface area contributed by atoms with Gasteiger partial charge in [0.15, 0.2) is 0 Å². The van der Waals surface area contributed by atoms with Crippen molar-refractivity contribution in [1.29, 1.82) is 0 Å². The summed E-state index contributed by atoms with van der Waals surface area (Å²) < 4.78 is 6.46. The molecule has 0 atom stereocenters. The number of hydrogen-bond acceptors (Lipinski definition) is 4. The van der Waals surface area contributed by atoms with Gasteiger partial charge in [-0.25, -0.2) is 9.78 Å². The highest BCUT2D eigenvalue weighted by atomic mass is 79.9. The molecule has 2 rings (SSSR count). The molecule has 1 fully saturated rings. The van der Waals surface area contributed by atoms with Crippen LogP contribution in [0.1, 0.15) is 0 Å². The summed E-state index contributed by atoms with van der Waals surface area (Å²) in [4.78, 5) is 18.5. The highest BCUT2D eigenvalue weighted by molar-refractivity contribution is 9.10. The quantitative estimate of drug-likeness (QED) is 0.907. The van der Waals surface area contributed by atoms with Crippen molar-refractivity contribution in [3.8, 4) is 5.88 Å². The van der Waals surface area contributed by atoms with Crippen molar-refractivity contribution in [2.24, 2.45) is 0 Å². The van der Waals surface area contributed by atoms with E-state index in [1.807, 2.05) is 12.1 Å². The minimum absolute atomic E-state index is 0.557. The van der Waals surface area contributed by atoms with Gasteiger partial charge in [0, 0.05) is 49.5 Å². The number of ether oxygens (including phenoxy) is 1. The first-order chi connectivity index (χ1) is 9.15. The first-order valence-corrected chi connectivity index (χ1v) is 6.89. The molecule has 19 heavy (non-hydrogen) atoms. The number of pyridine rings is 1. The smallest absolute Gasteiger partial charge is 0.407 e. The molecule has 0 bridgehead atoms. The molecule has 2 heterocycles. The van der Waals surface area contributed by atoms with Crippen molar-refractivity contribution >= 4 is 22.0 Å². The molecule has 104 valence electrons. The Hall–Kier alpha value is -1.34. The maximum atomic E-state index is 10.8. The highest BCUT2D eigenvalue weighted by Gasteiger charge is 2.19. The van der Waals surface area contributed by atoms with Gasteiger partial charge in [0.1, 0.15) is 6.61 Å². The predicted octanol–water partition coefficient (Wildman–Crippen LogP) is 1.52. The van der Waals surface area contributed by atoms with Gasteiger partial charge in [-0.15, -0.1) is 0 Å². The number of aromatic nitrogens is 1. The number of carbonyl (C=O) groups is 1. The number of halogens is 1. The maximum absolute atomic E-state index is 10.8. The summed E-state index contributed by atoms with van der Waals surface area (Å²) in [6.45, 7) is 3.97. The molecular weight excluding hydrogens is 314 g/mol. The monoisotopic (exact) mass is 329 g/mol. The second-order valence-electron chi connectivity index (χ2n) is 4.27. The van der Waals surface area contributed by atoms with E-state index in [2.05, 4.69) is 25.8 Å². The molecule has 1 amide bonds. The molecule has 1 aliphatic rings. The Morgan fingerprint density at radius 1 is 1.37 bits per heavy atom. The van der Waals surface area contributed by atoms with Gasteiger partial charge in [-0.2, -0.15) is 0 Å². The molecule has 7 heteroatoms. The van der Waals surface area contributed by atoms with E-state index in [0.717, 1.165) is 24.1 Å². The maximum Gasteiger partial charge on any atom is 0.407 e. The van der Waals surface area contributed by atoms with Crippen LogP contribution >= 0.6 is 15.9 Å². The average Bonchev–Trinajstić information content (AvgIpc) is 2.41. The van der Waals surface area contributed by atoms with E-state index in [9.17, 15) is 4.79 Å². The summed E-state index contributed by atoms with van der Waals surface area (Å²) in [6.07, 6.45) is 0.857. The fourth-order valence-corrected chi connectivity index (χ4v) is 2.12. The molecule has 1 aromatic heterocycles. The largest absolute Gasteiger partial charge is 0.476 e. The third-order valence-electron chi connectivity index (χ3n) is 3.00. The standard InChI is InChI=1S/C12H16BrN3O3/c13-10-1-2-11(14-9-10)19-8-7-15-3-5-16(6-4-15)12(17)18/h1-2,9H,3-8H2,(H,17,18). The van der Waals surface area contributed by atoms with E-state index < -0.39 is 6.09 Å². The van der Waals surface area contributed by atoms with Gasteiger partial charge in [0.25, 0.3) is 0 Å². The fourth-order valence-electron chi connectivity index (χ4n) is 1.89. The zero-order chi connectivity index (χ0) is 13.7. The van der Waals surface area contributed by atoms with E-state index in [1.165, 1.54) is 4.90 Å². The Kier molecular flexibility index (Phi) is 4.98. The lowest BCUT2D eigenvalue weighted by Gasteiger charge is -2.32. The zero-order valence-corrected chi connectivity index (χ0v) is 12.0. The van der Waals surface area contributed by atoms with Gasteiger partial charge in [-0.3, -0.25) is 4.90 Å². The van der Waals surface area contributed by atoms with E-state index in [1.54, 1.807) is 6.20 Å². The summed E-state index contributed by atoms with van der Waals surface area (Å²) in [5.74, 6) is 0.604. The van der Waals surface area contributed by atoms with Gasteiger partial charge in [-0.05, 0) is 22.0 Å². The lowest BCUT2D eigenvalue weighted by molar-refractivity contribution is 0.0981. The minimum Gasteiger partial charge on any atom is -0.476 e. The molecule has 0 unspecified atom stereocenters. The summed E-state index contributed by atoms with van der Waals surface area (Å²) in [5.41, 5.74) is 0. The highest BCUT2D eigenvalue weighted by Crippen LogP contribution is 2.12. The Labute approximate surface area is 120 Å². The molecule has 0 radical (unpaired) electrons. The zero-order valence-electron chi connectivity index (χ0n) is 10.5. The second kappa shape index (κ2) is 6.72. The van der Waals surface area contributed by atoms with Crippen LogP contribution in [0.5, 0.6) is 5.88 Å². The molecular formula is C12H16BrN3O3. The van der Waals surface area contributed by atoms with Crippen LogP contribution in [0, 0.1) is 0 Å². The third-order valence-corrected chi connectivity index (χ3v) is 3.47. The number of carboxylic acid groups (broad SMARTS) is 1. The van der Waals surface area contributed by atoms with E-state index >= 15 is 0 Å². The Balaban J connectivity index is 1.67. The van der Waals surface area contributed by atoms with Gasteiger partial charge in [0.2, 0.25) is 5.88 Å². The van der Waals surface area contributed by atoms with Crippen LogP contribution in [-0.4, -0.2) is 65.3 Å². The van der Waals surface area contributed by atoms with Crippen LogP contribution in [0.25, 0.3) is 0 Å². The van der Waals surface area contributed by atoms with Crippen LogP contribution in [0.2, 0.25) is 0 Å². The SMILES string of the molecule is O=C(O)N1CCN(CCOc2ccc(Br)cn2)CC1. The first-order valence-electron chi connectivity index (χ1n) is 6.10. The van der Waals surface area contributed by atoms with Gasteiger partial charge in [-0.1, -0.05) is 0 Å². The molecule has 1 aliphatic heterocycles. The van der Waals surface area contributed by atoms with Crippen LogP contribution in [-0.2, 0) is 0 Å². The summed E-state index contributed by atoms with van der Waals surface area (Å²) in [7, 11) is 0. The third kappa shape index (κ3) is 4.36. The van der Waals surface area contributed by atoms with E-state index in [0.29, 0.717) is 25.6 Å². The summed E-state index contributed by atoms with van der Waals surface area (Å²) >= 11 is 3.31. The first kappa shape index (κ1) is 14.1. The predicted molar refractivity (Wildman–Crippen MR) is 73.5 cm³/mol. The topological polar surface area (TPSA) is 65.9 Å². The van der Waals surface area contributed by atoms with Crippen molar-refractivity contribution in [2.75, 3.05) is 39.3 Å². The normalized spacial score (nSPS) is 16.4. The van der Waals surface area contributed by atoms with Crippen molar-refractivity contribution in [1.82, 2.24) is 14.8 Å². The lowest BCUT2D eigenvalue weighted by atomic mass is 10.3. The number of piperazine rings is 1. The van der Waals surface area contributed by atoms with E-state index in [-0.39, 0.29) is 0 Å². The molecule has 0 aromatic carbocycles. The molecule has 0 saturated carbocycles. The minimum atomic E-state index is -0.838. The molecule has 1 N–H and O–H groups in total. The Morgan fingerprint density at radius 2 is 2.11 bits per heavy atom. The van der Waals surface area contributed by atoms with Gasteiger partial charge < -0.3 is 14.7 Å². The fraction of sp³-hybridized carbons (Fsp3) is 0.500. The number of hydrogen-bond donors (Lipinski definition) is 1. The van der Waals surface area contributed by atoms with Crippen LogP contribution in [0.3, 0.4) is 0 Å². The van der Waals surface area contributed by atoms with Crippen LogP contribution < -0.4 is 4.74 Å². The summed E-state index contributed by atoms with van der Waals surface area (Å²) in [6, 6.07) is 3.69. The van der Waals surface area contributed by atoms with Crippen LogP contribution in [0.4, 0.5) is 4.79 Å². The van der Waals surface area contributed by atoms with Crippen LogP contribution in [0.15, 0.2) is 22.8 Å². The van der Waals surface area contributed by atoms with Crippen molar-refractivity contribution in [3.63, 3.8) is 0 Å². The second-order valence-corrected chi connectivity index (χ2v) is 5.19. The van der Waals surface area contributed by atoms with E-state index in [4.69, 9.17) is 9.84 Å². The van der Waals surface area contributed by atoms with Crippen molar-refractivity contribution in [2.45, 2.75) is 0 Å².